The summed E-state index contributed by atoms with van der Waals surface area (Å²) >= 11 is 0. The molecule has 129 heavy (non-hydrogen) atoms. The number of anilines is 2. The topological polar surface area (TPSA) is 350 Å². The molecule has 0 saturated carbocycles. The highest BCUT2D eigenvalue weighted by atomic mass is 32.2. The molecule has 704 valence electrons. The van der Waals surface area contributed by atoms with Gasteiger partial charge in [0.15, 0.2) is 0 Å². The van der Waals surface area contributed by atoms with Crippen LogP contribution in [0.2, 0.25) is 0 Å². The number of oxime groups is 1. The summed E-state index contributed by atoms with van der Waals surface area (Å²) in [5.41, 5.74) is 7.91. The molecule has 12 atom stereocenters. The van der Waals surface area contributed by atoms with Crippen molar-refractivity contribution in [2.24, 2.45) is 91.5 Å². The Morgan fingerprint density at radius 2 is 0.589 bits per heavy atom. The summed E-state index contributed by atoms with van der Waals surface area (Å²) in [6, 6.07) is 29.1. The lowest BCUT2D eigenvalue weighted by Crippen LogP contribution is -2.42. The molecule has 2 N–H and O–H groups in total. The van der Waals surface area contributed by atoms with E-state index in [1.165, 1.54) is 32.9 Å². The van der Waals surface area contributed by atoms with Crippen LogP contribution in [0.3, 0.4) is 0 Å². The van der Waals surface area contributed by atoms with E-state index in [9.17, 15) is 60.3 Å². The molecule has 6 heterocycles. The molecule has 6 fully saturated rings. The minimum atomic E-state index is -3.85. The van der Waals surface area contributed by atoms with E-state index in [-0.39, 0.29) is 119 Å². The third kappa shape index (κ3) is 21.1. The van der Waals surface area contributed by atoms with Crippen molar-refractivity contribution in [2.45, 2.75) is 199 Å². The molecular formula is C95H132N12O16S6. The lowest BCUT2D eigenvalue weighted by molar-refractivity contribution is 0.159. The molecule has 0 spiro atoms. The molecule has 6 aliphatic heterocycles. The molecule has 34 heteroatoms. The number of nitrogens with zero attached hydrogens (tertiary/aromatic N) is 10. The van der Waals surface area contributed by atoms with Gasteiger partial charge in [-0.2, -0.15) is 25.8 Å². The summed E-state index contributed by atoms with van der Waals surface area (Å²) in [6.07, 6.45) is 7.45. The molecule has 0 aromatic heterocycles. The molecule has 28 nitrogen and oxygen atoms in total. The number of hydrogen-bond acceptors (Lipinski definition) is 22. The second kappa shape index (κ2) is 40.9. The fraction of sp³-hybridized carbons (Fsp3) is 0.558. The van der Waals surface area contributed by atoms with Crippen LogP contribution in [0.25, 0.3) is 43.1 Å². The quantitative estimate of drug-likeness (QED) is 0.0322. The van der Waals surface area contributed by atoms with E-state index >= 15 is 0 Å². The number of benzene rings is 8. The Labute approximate surface area is 765 Å². The predicted octanol–water partition coefficient (Wildman–Crippen LogP) is 18.6. The van der Waals surface area contributed by atoms with Crippen LogP contribution in [0.4, 0.5) is 22.7 Å². The van der Waals surface area contributed by atoms with Crippen LogP contribution in [0.1, 0.15) is 192 Å². The van der Waals surface area contributed by atoms with Crippen molar-refractivity contribution in [2.75, 3.05) is 116 Å². The van der Waals surface area contributed by atoms with Crippen LogP contribution in [0.15, 0.2) is 159 Å². The van der Waals surface area contributed by atoms with Gasteiger partial charge in [0.1, 0.15) is 23.7 Å². The van der Waals surface area contributed by atoms with E-state index in [1.807, 2.05) is 55.4 Å². The minimum absolute atomic E-state index is 0. The second-order valence-corrected chi connectivity index (χ2v) is 49.7. The van der Waals surface area contributed by atoms with Gasteiger partial charge in [0.25, 0.3) is 0 Å². The lowest BCUT2D eigenvalue weighted by Gasteiger charge is -2.34. The van der Waals surface area contributed by atoms with Crippen molar-refractivity contribution in [3.63, 3.8) is 0 Å². The maximum atomic E-state index is 13.9. The van der Waals surface area contributed by atoms with Gasteiger partial charge in [0, 0.05) is 157 Å². The number of rotatable bonds is 24. The van der Waals surface area contributed by atoms with E-state index in [1.54, 1.807) is 102 Å². The largest absolute Gasteiger partial charge is 0.396 e. The average molecular weight is 1890 g/mol. The Morgan fingerprint density at radius 3 is 0.860 bits per heavy atom. The molecule has 8 aromatic carbocycles. The maximum absolute atomic E-state index is 13.9. The van der Waals surface area contributed by atoms with Gasteiger partial charge in [-0.15, -0.1) is 9.81 Å². The monoisotopic (exact) mass is 1890 g/mol. The van der Waals surface area contributed by atoms with Crippen molar-refractivity contribution in [1.29, 1.82) is 0 Å². The first-order valence-corrected chi connectivity index (χ1v) is 54.1. The van der Waals surface area contributed by atoms with E-state index in [4.69, 9.17) is 14.7 Å². The first-order chi connectivity index (χ1) is 60.6. The van der Waals surface area contributed by atoms with Gasteiger partial charge < -0.3 is 10.2 Å². The lowest BCUT2D eigenvalue weighted by atomic mass is 9.83. The van der Waals surface area contributed by atoms with Gasteiger partial charge in [-0.05, 0) is 219 Å². The van der Waals surface area contributed by atoms with Crippen molar-refractivity contribution in [3.8, 4) is 0 Å². The van der Waals surface area contributed by atoms with Crippen molar-refractivity contribution in [1.82, 2.24) is 25.8 Å². The first kappa shape index (κ1) is 100. The molecule has 8 aromatic rings. The summed E-state index contributed by atoms with van der Waals surface area (Å²) in [6.45, 7) is 39.7. The van der Waals surface area contributed by atoms with E-state index in [0.29, 0.717) is 193 Å². The molecule has 1 aliphatic carbocycles. The Balaban J connectivity index is 0.000000175. The van der Waals surface area contributed by atoms with Crippen LogP contribution >= 0.6 is 0 Å². The maximum Gasteiger partial charge on any atom is 0.243 e. The zero-order chi connectivity index (χ0) is 92.6. The van der Waals surface area contributed by atoms with E-state index in [0.717, 1.165) is 51.4 Å². The van der Waals surface area contributed by atoms with E-state index in [2.05, 4.69) is 81.7 Å². The summed E-state index contributed by atoms with van der Waals surface area (Å²) in [5, 5.41) is 18.3. The van der Waals surface area contributed by atoms with Crippen LogP contribution in [-0.2, 0) is 69.8 Å². The van der Waals surface area contributed by atoms with E-state index < -0.39 is 60.1 Å². The van der Waals surface area contributed by atoms with Crippen LogP contribution in [-0.4, -0.2) is 193 Å². The number of nitroso groups, excluding NO2 is 2. The Kier molecular flexibility index (Phi) is 31.8. The smallest absolute Gasteiger partial charge is 0.243 e. The highest BCUT2D eigenvalue weighted by Crippen LogP contribution is 2.48. The van der Waals surface area contributed by atoms with Crippen LogP contribution in [0, 0.1) is 80.8 Å². The first-order valence-electron chi connectivity index (χ1n) is 45.5. The molecule has 0 unspecified atom stereocenters. The van der Waals surface area contributed by atoms with Crippen LogP contribution in [0.5, 0.6) is 0 Å². The van der Waals surface area contributed by atoms with Crippen molar-refractivity contribution in [3.05, 3.63) is 141 Å². The average Bonchev–Trinajstić information content (AvgIpc) is 0.739. The van der Waals surface area contributed by atoms with Gasteiger partial charge in [0.05, 0.1) is 53.1 Å². The zero-order valence-corrected chi connectivity index (χ0v) is 81.6. The second-order valence-electron chi connectivity index (χ2n) is 38.0. The number of nitrogens with one attached hydrogen (secondary N) is 2. The molecule has 6 saturated heterocycles. The third-order valence-electron chi connectivity index (χ3n) is 25.7. The zero-order valence-electron chi connectivity index (χ0n) is 76.7. The van der Waals surface area contributed by atoms with Gasteiger partial charge in [-0.3, -0.25) is 15.3 Å². The molecule has 7 aliphatic rings. The SMILES string of the molecule is C.CCCN=C1c2cc(S(=O)(=O)N3C[C@H](C)C[C@H](C)C3)ccc2C(=NOCC)c2ccc(S(=O)(=O)N3C[C@H](C)C[C@H](C)C3)cc21.CCCNc1c2cc(S(=O)(=O)N3C[C@H](C)C[C@H](C)C3)ccc2c(N=O)c2ccc(S(=O)(=O)N3C[C@H](C)C[C@H](C)C3)cc12.CCONc1c2ccc(S(=O)(=O)N3C[C@H](C)C[C@H](C)C3)cc2c(N=O)c2cc(S(=O)(=O)N3C[C@H](C)C[C@H](C)C3)ccc12. The molecular weight excluding hydrogens is 1760 g/mol. The fourth-order valence-electron chi connectivity index (χ4n) is 20.7. The highest BCUT2D eigenvalue weighted by Gasteiger charge is 2.41. The fourth-order valence-corrected chi connectivity index (χ4v) is 30.9. The normalized spacial score (nSPS) is 24.6. The Bertz CT molecular complexity index is 5910. The number of sulfonamides is 6. The summed E-state index contributed by atoms with van der Waals surface area (Å²) in [4.78, 5) is 41.5. The van der Waals surface area contributed by atoms with Gasteiger partial charge in [-0.1, -0.05) is 146 Å². The summed E-state index contributed by atoms with van der Waals surface area (Å²) in [7, 11) is -22.8. The Hall–Kier alpha value is -7.84. The molecule has 0 radical (unpaired) electrons. The van der Waals surface area contributed by atoms with Gasteiger partial charge in [-0.25, -0.2) is 50.5 Å². The molecule has 15 rings (SSSR count). The van der Waals surface area contributed by atoms with Gasteiger partial charge >= 0.3 is 0 Å². The predicted molar refractivity (Wildman–Crippen MR) is 516 cm³/mol. The number of piperidine rings is 6. The van der Waals surface area contributed by atoms with Crippen LogP contribution < -0.4 is 10.8 Å². The number of hydrogen-bond donors (Lipinski definition) is 2. The van der Waals surface area contributed by atoms with Crippen molar-refractivity contribution >= 4 is 137 Å². The standard InChI is InChI=1S/C33H46N4O5S2.C31H42N4O5S2.C30H40N4O6S2.CH4/c1-7-13-34-32-30-16-26(43(38,39)36-18-22(3)14-23(4)19-36)9-11-28(30)33(35-42-8-2)29-12-10-27(17-31(29)32)44(40,41)37-20-24(5)15-25(6)21-37;1-6-11-32-30-28-14-24(41(37,38)34-16-20(2)12-21(3)17-34)7-9-26(28)31(33-36)27-10-8-25(15-29(27)30)42(39,40)35-18-22(4)13-23(5)19-35;1-6-40-32-30-25-9-7-23(41(36,37)33-15-19(2)11-20(3)16-33)13-27(25)29(31-35)28-14-24(8-10-26(28)30)42(38,39)34-17-21(4)12-22(5)18-34;/h9-12,16-17,22-25H,7-8,13-15,18-21H2,1-6H3;7-10,14-15,20-23,32H,6,11-13,16-19H2,1-5H3;7-10,13-14,19-22,32H,6,11-12,15-18H2,1-5H3;1H4/t22-,23+,24-,25+;20-,21+,22-,23+;19-,20+,21-,22+;. The number of aliphatic imine (C=N–C) groups is 1. The van der Waals surface area contributed by atoms with Crippen molar-refractivity contribution < 1.29 is 60.2 Å². The highest BCUT2D eigenvalue weighted by molar-refractivity contribution is 7.90. The molecule has 0 bridgehead atoms. The van der Waals surface area contributed by atoms with Gasteiger partial charge in [0.2, 0.25) is 60.1 Å². The molecule has 0 amide bonds. The minimum Gasteiger partial charge on any atom is -0.396 e. The Morgan fingerprint density at radius 1 is 0.318 bits per heavy atom. The summed E-state index contributed by atoms with van der Waals surface area (Å²) < 4.78 is 175. The number of fused-ring (bicyclic) bond motifs is 6. The third-order valence-corrected chi connectivity index (χ3v) is 36.7. The summed E-state index contributed by atoms with van der Waals surface area (Å²) in [5.74, 6) is 3.04.